The van der Waals surface area contributed by atoms with Gasteiger partial charge in [-0.25, -0.2) is 9.48 Å². The Bertz CT molecular complexity index is 781. The second-order valence-corrected chi connectivity index (χ2v) is 5.84. The average Bonchev–Trinajstić information content (AvgIpc) is 2.82. The minimum Gasteiger partial charge on any atom is -0.279 e. The zero-order valence-corrected chi connectivity index (χ0v) is 12.9. The highest BCUT2D eigenvalue weighted by molar-refractivity contribution is 6.31. The Balaban J connectivity index is 1.76. The van der Waals surface area contributed by atoms with Crippen LogP contribution in [-0.4, -0.2) is 19.3 Å². The fourth-order valence-electron chi connectivity index (χ4n) is 2.61. The first-order valence-electron chi connectivity index (χ1n) is 7.24. The van der Waals surface area contributed by atoms with Crippen molar-refractivity contribution in [2.45, 2.75) is 44.9 Å². The summed E-state index contributed by atoms with van der Waals surface area (Å²) in [6, 6.07) is 0.852. The normalized spacial score (nSPS) is 14.8. The van der Waals surface area contributed by atoms with Gasteiger partial charge in [-0.05, 0) is 18.9 Å². The van der Waals surface area contributed by atoms with Gasteiger partial charge in [0.1, 0.15) is 5.82 Å². The maximum atomic E-state index is 12.6. The topological polar surface area (TPSA) is 52.7 Å². The molecule has 0 N–H and O–H groups in total. The average molecular weight is 347 g/mol. The molecule has 124 valence electrons. The van der Waals surface area contributed by atoms with E-state index in [9.17, 15) is 18.0 Å². The molecule has 5 nitrogen and oxygen atoms in total. The third-order valence-electron chi connectivity index (χ3n) is 3.84. The lowest BCUT2D eigenvalue weighted by Crippen LogP contribution is -2.27. The molecular weight excluding hydrogens is 333 g/mol. The van der Waals surface area contributed by atoms with Gasteiger partial charge in [0.25, 0.3) is 0 Å². The summed E-state index contributed by atoms with van der Waals surface area (Å²) >= 11 is 5.87. The summed E-state index contributed by atoms with van der Waals surface area (Å²) in [5, 5.41) is 4.21. The number of fused-ring (bicyclic) bond motifs is 1. The molecule has 0 saturated heterocycles. The molecule has 3 heterocycles. The number of pyridine rings is 1. The molecular formula is C14H14ClF3N4O. The lowest BCUT2D eigenvalue weighted by molar-refractivity contribution is -0.137. The van der Waals surface area contributed by atoms with Gasteiger partial charge in [-0.1, -0.05) is 11.6 Å². The largest absolute Gasteiger partial charge is 0.417 e. The zero-order chi connectivity index (χ0) is 16.6. The van der Waals surface area contributed by atoms with Crippen molar-refractivity contribution >= 4 is 11.6 Å². The highest BCUT2D eigenvalue weighted by Gasteiger charge is 2.31. The number of aromatic nitrogens is 4. The van der Waals surface area contributed by atoms with E-state index < -0.39 is 11.7 Å². The molecule has 0 fully saturated rings. The number of hydrogen-bond donors (Lipinski definition) is 0. The van der Waals surface area contributed by atoms with Crippen molar-refractivity contribution in [1.82, 2.24) is 19.3 Å². The van der Waals surface area contributed by atoms with Crippen LogP contribution in [-0.2, 0) is 32.1 Å². The highest BCUT2D eigenvalue weighted by Crippen LogP contribution is 2.31. The lowest BCUT2D eigenvalue weighted by atomic mass is 10.2. The summed E-state index contributed by atoms with van der Waals surface area (Å²) < 4.78 is 40.7. The van der Waals surface area contributed by atoms with Crippen LogP contribution in [0.25, 0.3) is 0 Å². The van der Waals surface area contributed by atoms with Gasteiger partial charge in [0.2, 0.25) is 0 Å². The first kappa shape index (κ1) is 16.0. The van der Waals surface area contributed by atoms with E-state index in [2.05, 4.69) is 10.1 Å². The number of aryl methyl sites for hydroxylation is 3. The Morgan fingerprint density at radius 3 is 2.74 bits per heavy atom. The van der Waals surface area contributed by atoms with E-state index in [0.717, 1.165) is 37.4 Å². The predicted molar refractivity (Wildman–Crippen MR) is 77.4 cm³/mol. The van der Waals surface area contributed by atoms with Crippen LogP contribution in [0.5, 0.6) is 0 Å². The molecule has 0 saturated carbocycles. The Kier molecular flexibility index (Phi) is 4.18. The molecule has 23 heavy (non-hydrogen) atoms. The molecule has 0 radical (unpaired) electrons. The van der Waals surface area contributed by atoms with Crippen LogP contribution in [0.3, 0.4) is 0 Å². The zero-order valence-electron chi connectivity index (χ0n) is 12.1. The van der Waals surface area contributed by atoms with Gasteiger partial charge in [-0.15, -0.1) is 0 Å². The molecule has 1 aliphatic rings. The van der Waals surface area contributed by atoms with E-state index >= 15 is 0 Å². The van der Waals surface area contributed by atoms with Crippen molar-refractivity contribution in [3.8, 4) is 0 Å². The number of alkyl halides is 3. The van der Waals surface area contributed by atoms with Crippen molar-refractivity contribution in [3.05, 3.63) is 44.9 Å². The second-order valence-electron chi connectivity index (χ2n) is 5.43. The SMILES string of the molecule is O=c1n(CCc2ncc(C(F)(F)F)cc2Cl)nc2n1CCCC2. The van der Waals surface area contributed by atoms with Crippen molar-refractivity contribution in [1.29, 1.82) is 0 Å². The number of hydrogen-bond acceptors (Lipinski definition) is 3. The van der Waals surface area contributed by atoms with Gasteiger partial charge in [-0.2, -0.15) is 18.3 Å². The van der Waals surface area contributed by atoms with Crippen molar-refractivity contribution in [3.63, 3.8) is 0 Å². The van der Waals surface area contributed by atoms with Crippen LogP contribution in [0.2, 0.25) is 5.02 Å². The van der Waals surface area contributed by atoms with Gasteiger partial charge in [0.15, 0.2) is 0 Å². The molecule has 9 heteroatoms. The number of halogens is 4. The van der Waals surface area contributed by atoms with Crippen LogP contribution >= 0.6 is 11.6 Å². The monoisotopic (exact) mass is 346 g/mol. The maximum Gasteiger partial charge on any atom is 0.417 e. The fourth-order valence-corrected chi connectivity index (χ4v) is 2.87. The van der Waals surface area contributed by atoms with E-state index in [1.807, 2.05) is 0 Å². The van der Waals surface area contributed by atoms with E-state index in [4.69, 9.17) is 11.6 Å². The second kappa shape index (κ2) is 5.99. The lowest BCUT2D eigenvalue weighted by Gasteiger charge is -2.09. The Labute approximate surface area is 134 Å². The van der Waals surface area contributed by atoms with Crippen LogP contribution in [0.15, 0.2) is 17.1 Å². The van der Waals surface area contributed by atoms with Crippen LogP contribution in [0.4, 0.5) is 13.2 Å². The van der Waals surface area contributed by atoms with Crippen molar-refractivity contribution in [2.24, 2.45) is 0 Å². The Hall–Kier alpha value is -1.83. The molecule has 1 aliphatic heterocycles. The van der Waals surface area contributed by atoms with E-state index in [1.165, 1.54) is 4.68 Å². The smallest absolute Gasteiger partial charge is 0.279 e. The first-order chi connectivity index (χ1) is 10.9. The van der Waals surface area contributed by atoms with E-state index in [1.54, 1.807) is 4.57 Å². The minimum atomic E-state index is -4.48. The third-order valence-corrected chi connectivity index (χ3v) is 4.16. The maximum absolute atomic E-state index is 12.6. The van der Waals surface area contributed by atoms with Gasteiger partial charge < -0.3 is 0 Å². The standard InChI is InChI=1S/C14H14ClF3N4O/c15-10-7-9(14(16,17)18)8-19-11(10)4-6-22-13(23)21-5-2-1-3-12(21)20-22/h7-8H,1-6H2. The van der Waals surface area contributed by atoms with E-state index in [-0.39, 0.29) is 23.7 Å². The molecule has 0 unspecified atom stereocenters. The molecule has 2 aromatic rings. The minimum absolute atomic E-state index is 0.0585. The van der Waals surface area contributed by atoms with Crippen LogP contribution in [0.1, 0.15) is 29.9 Å². The molecule has 0 aliphatic carbocycles. The van der Waals surface area contributed by atoms with Gasteiger partial charge in [0.05, 0.1) is 22.8 Å². The van der Waals surface area contributed by atoms with Crippen molar-refractivity contribution in [2.75, 3.05) is 0 Å². The van der Waals surface area contributed by atoms with Crippen LogP contribution in [0, 0.1) is 0 Å². The summed E-state index contributed by atoms with van der Waals surface area (Å²) in [5.74, 6) is 0.757. The molecule has 0 spiro atoms. The fraction of sp³-hybridized carbons (Fsp3) is 0.500. The summed E-state index contributed by atoms with van der Waals surface area (Å²) in [4.78, 5) is 15.9. The summed E-state index contributed by atoms with van der Waals surface area (Å²) in [7, 11) is 0. The molecule has 3 rings (SSSR count). The molecule has 0 atom stereocenters. The third kappa shape index (κ3) is 3.26. The predicted octanol–water partition coefficient (Wildman–Crippen LogP) is 2.69. The summed E-state index contributed by atoms with van der Waals surface area (Å²) in [5.41, 5.74) is -0.763. The number of rotatable bonds is 3. The van der Waals surface area contributed by atoms with Crippen LogP contribution < -0.4 is 5.69 Å². The number of nitrogens with zero attached hydrogens (tertiary/aromatic N) is 4. The van der Waals surface area contributed by atoms with Gasteiger partial charge in [0, 0.05) is 25.6 Å². The molecule has 0 aromatic carbocycles. The Morgan fingerprint density at radius 1 is 1.30 bits per heavy atom. The van der Waals surface area contributed by atoms with E-state index in [0.29, 0.717) is 12.2 Å². The molecule has 0 bridgehead atoms. The van der Waals surface area contributed by atoms with Gasteiger partial charge in [-0.3, -0.25) is 9.55 Å². The highest BCUT2D eigenvalue weighted by atomic mass is 35.5. The first-order valence-corrected chi connectivity index (χ1v) is 7.62. The van der Waals surface area contributed by atoms with Gasteiger partial charge >= 0.3 is 11.9 Å². The Morgan fingerprint density at radius 2 is 2.09 bits per heavy atom. The summed E-state index contributed by atoms with van der Waals surface area (Å²) in [6.45, 7) is 0.893. The molecule has 0 amide bonds. The summed E-state index contributed by atoms with van der Waals surface area (Å²) in [6.07, 6.45) is -0.764. The molecule has 2 aromatic heterocycles. The quantitative estimate of drug-likeness (QED) is 0.858. The van der Waals surface area contributed by atoms with Crippen molar-refractivity contribution < 1.29 is 13.2 Å².